The van der Waals surface area contributed by atoms with E-state index in [0.29, 0.717) is 0 Å². The highest BCUT2D eigenvalue weighted by atomic mass is 19.1. The third kappa shape index (κ3) is 3.16. The molecule has 2 heterocycles. The summed E-state index contributed by atoms with van der Waals surface area (Å²) in [6.45, 7) is 1.82. The molecule has 1 aliphatic carbocycles. The summed E-state index contributed by atoms with van der Waals surface area (Å²) in [6.07, 6.45) is 4.94. The van der Waals surface area contributed by atoms with Gasteiger partial charge in [-0.25, -0.2) is 4.39 Å². The largest absolute Gasteiger partial charge is 0.454 e. The fourth-order valence-electron chi connectivity index (χ4n) is 5.28. The SMILES string of the molecule is O[C@]12CCCC[C@H]1[C@H](c1ccc3c(c1)OCO3)N(Cc1ccc(F)cc1)CC2. The third-order valence-electron chi connectivity index (χ3n) is 6.71. The molecule has 2 fully saturated rings. The van der Waals surface area contributed by atoms with Gasteiger partial charge in [0.25, 0.3) is 0 Å². The second-order valence-corrected chi connectivity index (χ2v) is 8.36. The number of hydrogen-bond donors (Lipinski definition) is 1. The van der Waals surface area contributed by atoms with Crippen molar-refractivity contribution in [3.05, 3.63) is 59.4 Å². The van der Waals surface area contributed by atoms with Crippen LogP contribution in [0.15, 0.2) is 42.5 Å². The van der Waals surface area contributed by atoms with E-state index in [0.717, 1.165) is 67.8 Å². The lowest BCUT2D eigenvalue weighted by molar-refractivity contribution is -0.126. The quantitative estimate of drug-likeness (QED) is 0.852. The van der Waals surface area contributed by atoms with E-state index in [1.807, 2.05) is 18.2 Å². The van der Waals surface area contributed by atoms with Crippen LogP contribution in [0.25, 0.3) is 0 Å². The van der Waals surface area contributed by atoms with Crippen LogP contribution in [0.5, 0.6) is 11.5 Å². The minimum atomic E-state index is -0.599. The van der Waals surface area contributed by atoms with E-state index < -0.39 is 5.60 Å². The topological polar surface area (TPSA) is 41.9 Å². The Morgan fingerprint density at radius 1 is 1.04 bits per heavy atom. The molecule has 0 aromatic heterocycles. The summed E-state index contributed by atoms with van der Waals surface area (Å²) in [5.74, 6) is 1.54. The fourth-order valence-corrected chi connectivity index (χ4v) is 5.28. The standard InChI is InChI=1S/C23H26FNO3/c24-18-7-4-16(5-8-18)14-25-12-11-23(26)10-2-1-3-19(23)22(25)17-6-9-20-21(13-17)28-15-27-20/h4-9,13,19,22,26H,1-3,10-12,14-15H2/t19-,22-,23-/m0/s1. The van der Waals surface area contributed by atoms with Crippen molar-refractivity contribution in [1.29, 1.82) is 0 Å². The molecule has 148 valence electrons. The normalized spacial score (nSPS) is 29.5. The summed E-state index contributed by atoms with van der Waals surface area (Å²) in [4.78, 5) is 2.44. The predicted octanol–water partition coefficient (Wildman–Crippen LogP) is 4.42. The number of rotatable bonds is 3. The lowest BCUT2D eigenvalue weighted by Gasteiger charge is -2.52. The second-order valence-electron chi connectivity index (χ2n) is 8.36. The van der Waals surface area contributed by atoms with Crippen molar-refractivity contribution in [2.75, 3.05) is 13.3 Å². The van der Waals surface area contributed by atoms with Crippen LogP contribution < -0.4 is 9.47 Å². The molecule has 2 aromatic carbocycles. The lowest BCUT2D eigenvalue weighted by atomic mass is 9.66. The number of ether oxygens (including phenoxy) is 2. The van der Waals surface area contributed by atoms with Crippen LogP contribution in [0.1, 0.15) is 49.3 Å². The highest BCUT2D eigenvalue weighted by Gasteiger charge is 2.49. The summed E-state index contributed by atoms with van der Waals surface area (Å²) in [5.41, 5.74) is 1.66. The van der Waals surface area contributed by atoms with Crippen LogP contribution in [0.4, 0.5) is 4.39 Å². The molecule has 0 spiro atoms. The first-order valence-corrected chi connectivity index (χ1v) is 10.2. The Kier molecular flexibility index (Phi) is 4.52. The van der Waals surface area contributed by atoms with Crippen LogP contribution in [-0.4, -0.2) is 28.9 Å². The van der Waals surface area contributed by atoms with E-state index in [4.69, 9.17) is 9.47 Å². The Labute approximate surface area is 164 Å². The highest BCUT2D eigenvalue weighted by molar-refractivity contribution is 5.45. The molecule has 28 heavy (non-hydrogen) atoms. The number of piperidine rings is 1. The van der Waals surface area contributed by atoms with E-state index in [1.165, 1.54) is 12.1 Å². The maximum absolute atomic E-state index is 13.3. The van der Waals surface area contributed by atoms with Gasteiger partial charge in [0, 0.05) is 25.0 Å². The van der Waals surface area contributed by atoms with Crippen molar-refractivity contribution >= 4 is 0 Å². The van der Waals surface area contributed by atoms with Gasteiger partial charge in [-0.1, -0.05) is 31.0 Å². The maximum atomic E-state index is 13.3. The zero-order valence-corrected chi connectivity index (χ0v) is 15.9. The van der Waals surface area contributed by atoms with Gasteiger partial charge in [-0.05, 0) is 54.7 Å². The molecular formula is C23H26FNO3. The molecule has 2 aliphatic heterocycles. The number of halogens is 1. The average Bonchev–Trinajstić information content (AvgIpc) is 3.17. The number of nitrogens with zero attached hydrogens (tertiary/aromatic N) is 1. The number of fused-ring (bicyclic) bond motifs is 2. The van der Waals surface area contributed by atoms with Crippen LogP contribution in [0, 0.1) is 11.7 Å². The Morgan fingerprint density at radius 3 is 2.71 bits per heavy atom. The Bertz CT molecular complexity index is 855. The van der Waals surface area contributed by atoms with Crippen molar-refractivity contribution in [2.24, 2.45) is 5.92 Å². The van der Waals surface area contributed by atoms with E-state index in [1.54, 1.807) is 0 Å². The molecule has 4 nitrogen and oxygen atoms in total. The van der Waals surface area contributed by atoms with Gasteiger partial charge < -0.3 is 14.6 Å². The minimum Gasteiger partial charge on any atom is -0.454 e. The minimum absolute atomic E-state index is 0.110. The summed E-state index contributed by atoms with van der Waals surface area (Å²) in [5, 5.41) is 11.4. The fraction of sp³-hybridized carbons (Fsp3) is 0.478. The molecule has 5 rings (SSSR count). The lowest BCUT2D eigenvalue weighted by Crippen LogP contribution is -2.54. The van der Waals surface area contributed by atoms with Gasteiger partial charge in [-0.2, -0.15) is 0 Å². The monoisotopic (exact) mass is 383 g/mol. The van der Waals surface area contributed by atoms with Gasteiger partial charge in [0.2, 0.25) is 6.79 Å². The summed E-state index contributed by atoms with van der Waals surface area (Å²) >= 11 is 0. The molecule has 5 heteroatoms. The van der Waals surface area contributed by atoms with Crippen molar-refractivity contribution in [3.63, 3.8) is 0 Å². The number of aliphatic hydroxyl groups is 1. The van der Waals surface area contributed by atoms with Gasteiger partial charge in [-0.3, -0.25) is 4.90 Å². The molecule has 3 atom stereocenters. The van der Waals surface area contributed by atoms with Gasteiger partial charge in [-0.15, -0.1) is 0 Å². The molecule has 0 bridgehead atoms. The van der Waals surface area contributed by atoms with E-state index >= 15 is 0 Å². The van der Waals surface area contributed by atoms with Crippen LogP contribution >= 0.6 is 0 Å². The molecule has 1 saturated carbocycles. The van der Waals surface area contributed by atoms with Gasteiger partial charge in [0.15, 0.2) is 11.5 Å². The average molecular weight is 383 g/mol. The first-order chi connectivity index (χ1) is 13.6. The summed E-state index contributed by atoms with van der Waals surface area (Å²) < 4.78 is 24.4. The number of likely N-dealkylation sites (tertiary alicyclic amines) is 1. The first-order valence-electron chi connectivity index (χ1n) is 10.2. The van der Waals surface area contributed by atoms with Crippen molar-refractivity contribution < 1.29 is 19.0 Å². The molecule has 1 N–H and O–H groups in total. The first kappa shape index (κ1) is 18.0. The second kappa shape index (κ2) is 7.05. The van der Waals surface area contributed by atoms with Crippen molar-refractivity contribution in [1.82, 2.24) is 4.90 Å². The van der Waals surface area contributed by atoms with Crippen LogP contribution in [-0.2, 0) is 6.54 Å². The smallest absolute Gasteiger partial charge is 0.231 e. The van der Waals surface area contributed by atoms with Crippen molar-refractivity contribution in [3.8, 4) is 11.5 Å². The summed E-state index contributed by atoms with van der Waals surface area (Å²) in [6, 6.07) is 13.0. The zero-order valence-electron chi connectivity index (χ0n) is 15.9. The zero-order chi connectivity index (χ0) is 19.1. The van der Waals surface area contributed by atoms with E-state index in [2.05, 4.69) is 17.0 Å². The van der Waals surface area contributed by atoms with E-state index in [9.17, 15) is 9.50 Å². The van der Waals surface area contributed by atoms with Gasteiger partial charge in [0.05, 0.1) is 5.60 Å². The molecule has 3 aliphatic rings. The number of benzene rings is 2. The molecule has 0 radical (unpaired) electrons. The summed E-state index contributed by atoms with van der Waals surface area (Å²) in [7, 11) is 0. The van der Waals surface area contributed by atoms with E-state index in [-0.39, 0.29) is 24.6 Å². The number of hydrogen-bond acceptors (Lipinski definition) is 4. The molecule has 0 amide bonds. The molecule has 1 saturated heterocycles. The maximum Gasteiger partial charge on any atom is 0.231 e. The van der Waals surface area contributed by atoms with Gasteiger partial charge >= 0.3 is 0 Å². The molecule has 2 aromatic rings. The van der Waals surface area contributed by atoms with Crippen LogP contribution in [0.2, 0.25) is 0 Å². The predicted molar refractivity (Wildman–Crippen MR) is 104 cm³/mol. The Hall–Kier alpha value is -2.11. The molecular weight excluding hydrogens is 357 g/mol. The molecule has 0 unspecified atom stereocenters. The van der Waals surface area contributed by atoms with Crippen molar-refractivity contribution in [2.45, 2.75) is 50.3 Å². The highest BCUT2D eigenvalue weighted by Crippen LogP contribution is 2.50. The Morgan fingerprint density at radius 2 is 1.86 bits per heavy atom. The Balaban J connectivity index is 1.50. The van der Waals surface area contributed by atoms with Gasteiger partial charge in [0.1, 0.15) is 5.82 Å². The third-order valence-corrected chi connectivity index (χ3v) is 6.71. The van der Waals surface area contributed by atoms with Crippen LogP contribution in [0.3, 0.4) is 0 Å².